The zero-order valence-electron chi connectivity index (χ0n) is 15.3. The molecule has 0 unspecified atom stereocenters. The highest BCUT2D eigenvalue weighted by Gasteiger charge is 2.24. The Hall–Kier alpha value is -2.07. The van der Waals surface area contributed by atoms with Gasteiger partial charge in [-0.05, 0) is 37.5 Å². The Kier molecular flexibility index (Phi) is 5.40. The van der Waals surface area contributed by atoms with Crippen molar-refractivity contribution >= 4 is 11.8 Å². The number of aryl methyl sites for hydroxylation is 1. The molecular weight excluding hydrogens is 338 g/mol. The van der Waals surface area contributed by atoms with Gasteiger partial charge in [0.1, 0.15) is 5.82 Å². The van der Waals surface area contributed by atoms with E-state index in [1.807, 2.05) is 0 Å². The first-order valence-corrected chi connectivity index (χ1v) is 10.5. The summed E-state index contributed by atoms with van der Waals surface area (Å²) in [7, 11) is 0. The molecule has 2 aromatic carbocycles. The number of para-hydroxylation sites is 1. The van der Waals surface area contributed by atoms with Gasteiger partial charge in [-0.1, -0.05) is 79.1 Å². The Bertz CT molecular complexity index is 834. The maximum Gasteiger partial charge on any atom is 0.196 e. The molecule has 4 rings (SSSR count). The minimum atomic E-state index is 0.533. The van der Waals surface area contributed by atoms with Gasteiger partial charge in [0, 0.05) is 17.4 Å². The van der Waals surface area contributed by atoms with E-state index in [0.29, 0.717) is 5.92 Å². The third kappa shape index (κ3) is 3.85. The lowest BCUT2D eigenvalue weighted by molar-refractivity contribution is 0.423. The predicted octanol–water partition coefficient (Wildman–Crippen LogP) is 5.92. The fourth-order valence-electron chi connectivity index (χ4n) is 3.65. The second-order valence-electron chi connectivity index (χ2n) is 7.12. The molecule has 1 aliphatic rings. The summed E-state index contributed by atoms with van der Waals surface area (Å²) >= 11 is 1.78. The molecule has 0 aliphatic heterocycles. The number of nitrogens with zero attached hydrogens (tertiary/aromatic N) is 3. The van der Waals surface area contributed by atoms with Gasteiger partial charge in [0.2, 0.25) is 0 Å². The van der Waals surface area contributed by atoms with Crippen LogP contribution in [0.25, 0.3) is 5.69 Å². The maximum atomic E-state index is 4.63. The van der Waals surface area contributed by atoms with Crippen LogP contribution in [0.2, 0.25) is 0 Å². The Morgan fingerprint density at radius 2 is 1.65 bits per heavy atom. The van der Waals surface area contributed by atoms with Crippen LogP contribution in [-0.4, -0.2) is 14.8 Å². The van der Waals surface area contributed by atoms with Gasteiger partial charge in [-0.2, -0.15) is 0 Å². The maximum absolute atomic E-state index is 4.63. The molecule has 0 atom stereocenters. The van der Waals surface area contributed by atoms with Gasteiger partial charge in [-0.15, -0.1) is 10.2 Å². The van der Waals surface area contributed by atoms with E-state index in [4.69, 9.17) is 0 Å². The Balaban J connectivity index is 1.63. The summed E-state index contributed by atoms with van der Waals surface area (Å²) in [5, 5.41) is 10.2. The lowest BCUT2D eigenvalue weighted by atomic mass is 9.88. The lowest BCUT2D eigenvalue weighted by Gasteiger charge is -2.22. The third-order valence-corrected chi connectivity index (χ3v) is 6.13. The zero-order valence-corrected chi connectivity index (χ0v) is 16.1. The number of benzene rings is 2. The molecule has 4 heteroatoms. The molecule has 1 aromatic heterocycles. The number of aromatic nitrogens is 3. The van der Waals surface area contributed by atoms with Crippen molar-refractivity contribution in [3.8, 4) is 5.69 Å². The number of hydrogen-bond acceptors (Lipinski definition) is 3. The second kappa shape index (κ2) is 8.09. The SMILES string of the molecule is Cc1ccc(CSc2nnc(C3CCCCC3)n2-c2ccccc2)cc1. The first kappa shape index (κ1) is 17.3. The topological polar surface area (TPSA) is 30.7 Å². The lowest BCUT2D eigenvalue weighted by Crippen LogP contribution is -2.11. The van der Waals surface area contributed by atoms with E-state index in [1.165, 1.54) is 48.9 Å². The van der Waals surface area contributed by atoms with Crippen LogP contribution in [0.1, 0.15) is 55.0 Å². The summed E-state index contributed by atoms with van der Waals surface area (Å²) in [5.41, 5.74) is 3.79. The molecule has 0 amide bonds. The van der Waals surface area contributed by atoms with Crippen LogP contribution < -0.4 is 0 Å². The van der Waals surface area contributed by atoms with Crippen LogP contribution >= 0.6 is 11.8 Å². The molecule has 3 nitrogen and oxygen atoms in total. The Labute approximate surface area is 159 Å². The molecule has 0 saturated heterocycles. The average Bonchev–Trinajstić information content (AvgIpc) is 3.13. The van der Waals surface area contributed by atoms with Crippen LogP contribution in [0.5, 0.6) is 0 Å². The molecule has 0 radical (unpaired) electrons. The van der Waals surface area contributed by atoms with Gasteiger partial charge >= 0.3 is 0 Å². The molecule has 134 valence electrons. The standard InChI is InChI=1S/C22H25N3S/c1-17-12-14-18(15-13-17)16-26-22-24-23-21(19-8-4-2-5-9-19)25(22)20-10-6-3-7-11-20/h3,6-7,10-15,19H,2,4-5,8-9,16H2,1H3. The van der Waals surface area contributed by atoms with E-state index in [1.54, 1.807) is 11.8 Å². The summed E-state index contributed by atoms with van der Waals surface area (Å²) < 4.78 is 2.29. The van der Waals surface area contributed by atoms with E-state index in [0.717, 1.165) is 16.7 Å². The van der Waals surface area contributed by atoms with Crippen molar-refractivity contribution in [2.75, 3.05) is 0 Å². The highest BCUT2D eigenvalue weighted by molar-refractivity contribution is 7.98. The largest absolute Gasteiger partial charge is 0.274 e. The molecule has 26 heavy (non-hydrogen) atoms. The first-order valence-electron chi connectivity index (χ1n) is 9.50. The van der Waals surface area contributed by atoms with Crippen LogP contribution in [-0.2, 0) is 5.75 Å². The fraction of sp³-hybridized carbons (Fsp3) is 0.364. The summed E-state index contributed by atoms with van der Waals surface area (Å²) in [5.74, 6) is 2.59. The zero-order chi connectivity index (χ0) is 17.8. The molecule has 1 heterocycles. The van der Waals surface area contributed by atoms with E-state index in [-0.39, 0.29) is 0 Å². The molecule has 1 fully saturated rings. The fourth-order valence-corrected chi connectivity index (χ4v) is 4.57. The second-order valence-corrected chi connectivity index (χ2v) is 8.06. The highest BCUT2D eigenvalue weighted by atomic mass is 32.2. The Morgan fingerprint density at radius 1 is 0.923 bits per heavy atom. The number of thioether (sulfide) groups is 1. The van der Waals surface area contributed by atoms with Gasteiger partial charge in [0.25, 0.3) is 0 Å². The first-order chi connectivity index (χ1) is 12.8. The van der Waals surface area contributed by atoms with Crippen LogP contribution in [0, 0.1) is 6.92 Å². The summed E-state index contributed by atoms with van der Waals surface area (Å²) in [6, 6.07) is 19.3. The number of rotatable bonds is 5. The van der Waals surface area contributed by atoms with Crippen molar-refractivity contribution in [2.24, 2.45) is 0 Å². The average molecular weight is 364 g/mol. The van der Waals surface area contributed by atoms with Crippen molar-refractivity contribution in [1.82, 2.24) is 14.8 Å². The van der Waals surface area contributed by atoms with Crippen molar-refractivity contribution in [2.45, 2.75) is 55.9 Å². The van der Waals surface area contributed by atoms with Gasteiger partial charge in [-0.25, -0.2) is 0 Å². The quantitative estimate of drug-likeness (QED) is 0.528. The van der Waals surface area contributed by atoms with Crippen molar-refractivity contribution < 1.29 is 0 Å². The molecular formula is C22H25N3S. The van der Waals surface area contributed by atoms with Gasteiger partial charge in [0.05, 0.1) is 0 Å². The summed E-state index contributed by atoms with van der Waals surface area (Å²) in [4.78, 5) is 0. The number of hydrogen-bond donors (Lipinski definition) is 0. The van der Waals surface area contributed by atoms with Crippen LogP contribution in [0.3, 0.4) is 0 Å². The van der Waals surface area contributed by atoms with Gasteiger partial charge < -0.3 is 0 Å². The van der Waals surface area contributed by atoms with E-state index < -0.39 is 0 Å². The summed E-state index contributed by atoms with van der Waals surface area (Å²) in [6.45, 7) is 2.12. The van der Waals surface area contributed by atoms with E-state index in [9.17, 15) is 0 Å². The molecule has 0 spiro atoms. The van der Waals surface area contributed by atoms with Crippen LogP contribution in [0.4, 0.5) is 0 Å². The monoisotopic (exact) mass is 363 g/mol. The third-order valence-electron chi connectivity index (χ3n) is 5.13. The summed E-state index contributed by atoms with van der Waals surface area (Å²) in [6.07, 6.45) is 6.42. The van der Waals surface area contributed by atoms with Gasteiger partial charge in [-0.3, -0.25) is 4.57 Å². The predicted molar refractivity (Wildman–Crippen MR) is 108 cm³/mol. The smallest absolute Gasteiger partial charge is 0.196 e. The normalized spacial score (nSPS) is 15.3. The molecule has 1 saturated carbocycles. The van der Waals surface area contributed by atoms with E-state index >= 15 is 0 Å². The minimum absolute atomic E-state index is 0.533. The molecule has 1 aliphatic carbocycles. The highest BCUT2D eigenvalue weighted by Crippen LogP contribution is 2.35. The molecule has 0 bridgehead atoms. The Morgan fingerprint density at radius 3 is 2.38 bits per heavy atom. The van der Waals surface area contributed by atoms with Gasteiger partial charge in [0.15, 0.2) is 5.16 Å². The van der Waals surface area contributed by atoms with Crippen LogP contribution in [0.15, 0.2) is 59.8 Å². The van der Waals surface area contributed by atoms with Crippen molar-refractivity contribution in [3.05, 3.63) is 71.5 Å². The van der Waals surface area contributed by atoms with Crippen molar-refractivity contribution in [1.29, 1.82) is 0 Å². The van der Waals surface area contributed by atoms with E-state index in [2.05, 4.69) is 76.3 Å². The molecule has 3 aromatic rings. The van der Waals surface area contributed by atoms with Crippen molar-refractivity contribution in [3.63, 3.8) is 0 Å². The minimum Gasteiger partial charge on any atom is -0.274 e. The molecule has 0 N–H and O–H groups in total.